The van der Waals surface area contributed by atoms with Crippen molar-refractivity contribution in [1.82, 2.24) is 9.71 Å². The van der Waals surface area contributed by atoms with Gasteiger partial charge in [-0.3, -0.25) is 0 Å². The normalized spacial score (nSPS) is 12.4. The van der Waals surface area contributed by atoms with Gasteiger partial charge in [-0.25, -0.2) is 4.79 Å². The number of aromatic nitrogens is 2. The molecule has 0 aromatic carbocycles. The lowest BCUT2D eigenvalue weighted by atomic mass is 10.4. The first-order valence-electron chi connectivity index (χ1n) is 4.19. The fourth-order valence-electron chi connectivity index (χ4n) is 0.865. The van der Waals surface area contributed by atoms with Crippen LogP contribution in [0.5, 0.6) is 0 Å². The van der Waals surface area contributed by atoms with Crippen molar-refractivity contribution >= 4 is 5.82 Å². The van der Waals surface area contributed by atoms with E-state index in [9.17, 15) is 10.0 Å². The van der Waals surface area contributed by atoms with E-state index < -0.39 is 5.69 Å². The van der Waals surface area contributed by atoms with Crippen LogP contribution in [0.25, 0.3) is 0 Å². The van der Waals surface area contributed by atoms with Crippen molar-refractivity contribution in [3.05, 3.63) is 22.7 Å². The molecule has 1 atom stereocenters. The van der Waals surface area contributed by atoms with Gasteiger partial charge in [0.05, 0.1) is 6.10 Å². The summed E-state index contributed by atoms with van der Waals surface area (Å²) < 4.78 is 5.46. The summed E-state index contributed by atoms with van der Waals surface area (Å²) in [4.78, 5) is 14.3. The van der Waals surface area contributed by atoms with Crippen LogP contribution in [-0.4, -0.2) is 34.7 Å². The van der Waals surface area contributed by atoms with Crippen LogP contribution in [0.1, 0.15) is 6.92 Å². The highest BCUT2D eigenvalue weighted by Crippen LogP contribution is 2.00. The van der Waals surface area contributed by atoms with Gasteiger partial charge in [-0.15, -0.1) is 4.73 Å². The fraction of sp³-hybridized carbons (Fsp3) is 0.500. The van der Waals surface area contributed by atoms with E-state index in [2.05, 4.69) is 10.3 Å². The Bertz CT molecular complexity index is 350. The van der Waals surface area contributed by atoms with E-state index >= 15 is 0 Å². The first-order valence-corrected chi connectivity index (χ1v) is 4.19. The van der Waals surface area contributed by atoms with E-state index in [1.807, 2.05) is 6.92 Å². The molecule has 0 aliphatic rings. The summed E-state index contributed by atoms with van der Waals surface area (Å²) in [5, 5.41) is 12.1. The zero-order valence-electron chi connectivity index (χ0n) is 8.10. The molecule has 0 saturated heterocycles. The second-order valence-corrected chi connectivity index (χ2v) is 2.85. The van der Waals surface area contributed by atoms with E-state index in [-0.39, 0.29) is 6.10 Å². The van der Waals surface area contributed by atoms with Crippen molar-refractivity contribution in [2.24, 2.45) is 0 Å². The molecule has 2 N–H and O–H groups in total. The van der Waals surface area contributed by atoms with E-state index in [1.54, 1.807) is 7.11 Å². The molecule has 0 aliphatic carbocycles. The molecule has 6 nitrogen and oxygen atoms in total. The van der Waals surface area contributed by atoms with E-state index in [0.29, 0.717) is 17.1 Å². The first kappa shape index (κ1) is 10.5. The number of methoxy groups -OCH3 is 1. The van der Waals surface area contributed by atoms with Crippen molar-refractivity contribution in [3.63, 3.8) is 0 Å². The number of rotatable bonds is 4. The third kappa shape index (κ3) is 2.46. The molecule has 0 amide bonds. The zero-order valence-corrected chi connectivity index (χ0v) is 8.10. The van der Waals surface area contributed by atoms with Crippen LogP contribution in [0, 0.1) is 0 Å². The number of ether oxygens (including phenoxy) is 1. The second-order valence-electron chi connectivity index (χ2n) is 2.85. The van der Waals surface area contributed by atoms with Crippen LogP contribution in [0.15, 0.2) is 17.1 Å². The molecule has 0 radical (unpaired) electrons. The maximum atomic E-state index is 10.9. The maximum Gasteiger partial charge on any atom is 0.382 e. The molecular weight excluding hydrogens is 186 g/mol. The standard InChI is InChI=1S/C8H13N3O3/c1-6(14-2)5-10-7-3-4-9-8(12)11(7)13/h3-4,6,10,13H,5H2,1-2H3. The predicted molar refractivity (Wildman–Crippen MR) is 50.6 cm³/mol. The Hall–Kier alpha value is -1.56. The molecular formula is C8H13N3O3. The summed E-state index contributed by atoms with van der Waals surface area (Å²) in [6.45, 7) is 2.37. The number of nitrogens with zero attached hydrogens (tertiary/aromatic N) is 2. The van der Waals surface area contributed by atoms with Crippen molar-refractivity contribution in [3.8, 4) is 0 Å². The molecule has 1 aromatic rings. The molecule has 78 valence electrons. The molecule has 0 aliphatic heterocycles. The van der Waals surface area contributed by atoms with Crippen molar-refractivity contribution < 1.29 is 9.94 Å². The Kier molecular flexibility index (Phi) is 3.47. The third-order valence-corrected chi connectivity index (χ3v) is 1.80. The van der Waals surface area contributed by atoms with Gasteiger partial charge in [0.15, 0.2) is 0 Å². The first-order chi connectivity index (χ1) is 6.65. The van der Waals surface area contributed by atoms with E-state index in [1.165, 1.54) is 12.3 Å². The summed E-state index contributed by atoms with van der Waals surface area (Å²) in [7, 11) is 1.59. The topological polar surface area (TPSA) is 76.4 Å². The van der Waals surface area contributed by atoms with Gasteiger partial charge in [0.25, 0.3) is 0 Å². The minimum atomic E-state index is -0.708. The van der Waals surface area contributed by atoms with Crippen LogP contribution in [-0.2, 0) is 4.74 Å². The lowest BCUT2D eigenvalue weighted by Crippen LogP contribution is -2.26. The Morgan fingerprint density at radius 2 is 2.50 bits per heavy atom. The number of hydrogen-bond acceptors (Lipinski definition) is 5. The van der Waals surface area contributed by atoms with Gasteiger partial charge < -0.3 is 15.3 Å². The fourth-order valence-corrected chi connectivity index (χ4v) is 0.865. The molecule has 14 heavy (non-hydrogen) atoms. The van der Waals surface area contributed by atoms with Gasteiger partial charge in [0, 0.05) is 25.9 Å². The minimum absolute atomic E-state index is 0.00160. The largest absolute Gasteiger partial charge is 0.422 e. The SMILES string of the molecule is COC(C)CNc1ccnc(=O)n1O. The van der Waals surface area contributed by atoms with E-state index in [4.69, 9.17) is 4.74 Å². The van der Waals surface area contributed by atoms with Crippen LogP contribution in [0.4, 0.5) is 5.82 Å². The molecule has 0 fully saturated rings. The van der Waals surface area contributed by atoms with Gasteiger partial charge >= 0.3 is 5.69 Å². The monoisotopic (exact) mass is 199 g/mol. The minimum Gasteiger partial charge on any atom is -0.422 e. The highest BCUT2D eigenvalue weighted by Gasteiger charge is 2.03. The molecule has 0 saturated carbocycles. The van der Waals surface area contributed by atoms with E-state index in [0.717, 1.165) is 0 Å². The second kappa shape index (κ2) is 4.61. The van der Waals surface area contributed by atoms with Crippen LogP contribution in [0.2, 0.25) is 0 Å². The van der Waals surface area contributed by atoms with Crippen molar-refractivity contribution in [1.29, 1.82) is 0 Å². The van der Waals surface area contributed by atoms with Gasteiger partial charge in [-0.05, 0) is 6.92 Å². The average molecular weight is 199 g/mol. The molecule has 1 unspecified atom stereocenters. The Morgan fingerprint density at radius 3 is 3.14 bits per heavy atom. The smallest absolute Gasteiger partial charge is 0.382 e. The quantitative estimate of drug-likeness (QED) is 0.664. The summed E-state index contributed by atoms with van der Waals surface area (Å²) >= 11 is 0. The van der Waals surface area contributed by atoms with Gasteiger partial charge in [0.2, 0.25) is 0 Å². The van der Waals surface area contributed by atoms with Crippen molar-refractivity contribution in [2.75, 3.05) is 19.0 Å². The Balaban J connectivity index is 2.68. The molecule has 1 rings (SSSR count). The molecule has 6 heteroatoms. The lowest BCUT2D eigenvalue weighted by Gasteiger charge is -2.12. The molecule has 1 aromatic heterocycles. The maximum absolute atomic E-state index is 10.9. The number of nitrogens with one attached hydrogen (secondary N) is 1. The average Bonchev–Trinajstić information content (AvgIpc) is 2.20. The predicted octanol–water partition coefficient (Wildman–Crippen LogP) is -0.0726. The van der Waals surface area contributed by atoms with Crippen LogP contribution < -0.4 is 11.0 Å². The Labute approximate surface area is 81.1 Å². The highest BCUT2D eigenvalue weighted by molar-refractivity contribution is 5.32. The summed E-state index contributed by atoms with van der Waals surface area (Å²) in [5.41, 5.74) is -0.708. The molecule has 1 heterocycles. The van der Waals surface area contributed by atoms with Gasteiger partial charge in [0.1, 0.15) is 5.82 Å². The number of hydrogen-bond donors (Lipinski definition) is 2. The Morgan fingerprint density at radius 1 is 1.79 bits per heavy atom. The highest BCUT2D eigenvalue weighted by atomic mass is 16.5. The van der Waals surface area contributed by atoms with Crippen molar-refractivity contribution in [2.45, 2.75) is 13.0 Å². The molecule has 0 bridgehead atoms. The molecule has 0 spiro atoms. The number of anilines is 1. The van der Waals surface area contributed by atoms with Crippen LogP contribution >= 0.6 is 0 Å². The summed E-state index contributed by atoms with van der Waals surface area (Å²) in [5.74, 6) is 0.300. The summed E-state index contributed by atoms with van der Waals surface area (Å²) in [6.07, 6.45) is 1.33. The van der Waals surface area contributed by atoms with Gasteiger partial charge in [-0.1, -0.05) is 0 Å². The lowest BCUT2D eigenvalue weighted by molar-refractivity contribution is 0.127. The van der Waals surface area contributed by atoms with Crippen LogP contribution in [0.3, 0.4) is 0 Å². The third-order valence-electron chi connectivity index (χ3n) is 1.80. The zero-order chi connectivity index (χ0) is 10.6. The summed E-state index contributed by atoms with van der Waals surface area (Å²) in [6, 6.07) is 1.50. The van der Waals surface area contributed by atoms with Gasteiger partial charge in [-0.2, -0.15) is 4.98 Å².